The van der Waals surface area contributed by atoms with Gasteiger partial charge in [0.15, 0.2) is 11.5 Å². The molecule has 1 unspecified atom stereocenters. The number of hydrogen-bond donors (Lipinski definition) is 1. The fraction of sp³-hybridized carbons (Fsp3) is 0.630. The van der Waals surface area contributed by atoms with Gasteiger partial charge in [-0.2, -0.15) is 0 Å². The lowest BCUT2D eigenvalue weighted by molar-refractivity contribution is -0.143. The Morgan fingerprint density at radius 2 is 1.49 bits per heavy atom. The van der Waals surface area contributed by atoms with Crippen LogP contribution in [0.5, 0.6) is 11.5 Å². The number of benzene rings is 1. The number of ether oxygens (including phenoxy) is 5. The fourth-order valence-corrected chi connectivity index (χ4v) is 3.10. The normalized spacial score (nSPS) is 12.6. The van der Waals surface area contributed by atoms with Gasteiger partial charge in [0.05, 0.1) is 7.11 Å². The van der Waals surface area contributed by atoms with Crippen LogP contribution in [0, 0.1) is 11.8 Å². The summed E-state index contributed by atoms with van der Waals surface area (Å²) in [5, 5.41) is 3.00. The summed E-state index contributed by atoms with van der Waals surface area (Å²) in [6, 6.07) is 4.00. The number of carbonyl (C=O) groups excluding carboxylic acids is 4. The summed E-state index contributed by atoms with van der Waals surface area (Å²) in [7, 11) is 1.27. The third-order valence-corrected chi connectivity index (χ3v) is 5.12. The Morgan fingerprint density at radius 1 is 0.892 bits per heavy atom. The zero-order valence-electron chi connectivity index (χ0n) is 23.0. The first-order valence-corrected chi connectivity index (χ1v) is 12.6. The maximum Gasteiger partial charge on any atom is 0.508 e. The summed E-state index contributed by atoms with van der Waals surface area (Å²) in [4.78, 5) is 48.6. The van der Waals surface area contributed by atoms with Crippen molar-refractivity contribution in [2.24, 2.45) is 11.8 Å². The summed E-state index contributed by atoms with van der Waals surface area (Å²) >= 11 is 0. The van der Waals surface area contributed by atoms with Gasteiger partial charge in [0.1, 0.15) is 18.8 Å². The molecule has 0 fully saturated rings. The summed E-state index contributed by atoms with van der Waals surface area (Å²) in [6.45, 7) is 11.4. The minimum absolute atomic E-state index is 0.00837. The number of carbonyl (C=O) groups is 4. The summed E-state index contributed by atoms with van der Waals surface area (Å²) in [5.74, 6) is -1.01. The molecule has 0 heterocycles. The van der Waals surface area contributed by atoms with Gasteiger partial charge >= 0.3 is 24.1 Å². The van der Waals surface area contributed by atoms with E-state index in [2.05, 4.69) is 5.32 Å². The van der Waals surface area contributed by atoms with Gasteiger partial charge in [-0.15, -0.1) is 0 Å². The van der Waals surface area contributed by atoms with Crippen molar-refractivity contribution in [3.63, 3.8) is 0 Å². The zero-order chi connectivity index (χ0) is 28.0. The predicted molar refractivity (Wildman–Crippen MR) is 136 cm³/mol. The van der Waals surface area contributed by atoms with Crippen LogP contribution in [-0.4, -0.2) is 56.5 Å². The van der Waals surface area contributed by atoms with Crippen molar-refractivity contribution in [3.8, 4) is 11.5 Å². The van der Waals surface area contributed by atoms with E-state index in [-0.39, 0.29) is 61.9 Å². The van der Waals surface area contributed by atoms with Crippen LogP contribution in [0.2, 0.25) is 0 Å². The van der Waals surface area contributed by atoms with Crippen LogP contribution in [0.3, 0.4) is 0 Å². The van der Waals surface area contributed by atoms with Crippen molar-refractivity contribution in [2.75, 3.05) is 20.3 Å². The van der Waals surface area contributed by atoms with Gasteiger partial charge in [0.2, 0.25) is 0 Å². The topological polar surface area (TPSA) is 126 Å². The molecule has 1 rings (SSSR count). The van der Waals surface area contributed by atoms with Gasteiger partial charge in [-0.25, -0.2) is 4.79 Å². The average molecular weight is 524 g/mol. The standard InChI is InChI=1S/C27H41NO9/c1-8-19(6)35-27(32)34-12-11-28-21(26(31)33-7)15-20-9-10-22(36-24(29)13-17(2)3)23(16-20)37-25(30)14-18(4)5/h9-10,16-19,21,28H,8,11-15H2,1-7H3/t19?,21-/m0/s1. The molecule has 10 nitrogen and oxygen atoms in total. The fourth-order valence-electron chi connectivity index (χ4n) is 3.10. The van der Waals surface area contributed by atoms with Crippen LogP contribution < -0.4 is 14.8 Å². The second-order valence-electron chi connectivity index (χ2n) is 9.59. The molecule has 0 saturated carbocycles. The number of esters is 3. The van der Waals surface area contributed by atoms with E-state index in [0.717, 1.165) is 0 Å². The van der Waals surface area contributed by atoms with Gasteiger partial charge in [-0.05, 0) is 49.3 Å². The Labute approximate surface area is 219 Å². The smallest absolute Gasteiger partial charge is 0.468 e. The van der Waals surface area contributed by atoms with E-state index in [1.807, 2.05) is 34.6 Å². The van der Waals surface area contributed by atoms with E-state index < -0.39 is 30.1 Å². The Kier molecular flexibility index (Phi) is 14.3. The van der Waals surface area contributed by atoms with Crippen molar-refractivity contribution in [2.45, 2.75) is 79.4 Å². The highest BCUT2D eigenvalue weighted by Crippen LogP contribution is 2.30. The molecular formula is C27H41NO9. The molecule has 37 heavy (non-hydrogen) atoms. The molecular weight excluding hydrogens is 482 g/mol. The quantitative estimate of drug-likeness (QED) is 0.203. The van der Waals surface area contributed by atoms with E-state index >= 15 is 0 Å². The number of nitrogens with one attached hydrogen (secondary N) is 1. The Balaban J connectivity index is 2.96. The van der Waals surface area contributed by atoms with Gasteiger partial charge < -0.3 is 29.0 Å². The SMILES string of the molecule is CCC(C)OC(=O)OCCN[C@@H](Cc1ccc(OC(=O)CC(C)C)c(OC(=O)CC(C)C)c1)C(=O)OC. The Hall–Kier alpha value is -3.14. The highest BCUT2D eigenvalue weighted by atomic mass is 16.7. The van der Waals surface area contributed by atoms with Gasteiger partial charge in [-0.1, -0.05) is 40.7 Å². The van der Waals surface area contributed by atoms with Crippen LogP contribution in [-0.2, 0) is 35.0 Å². The van der Waals surface area contributed by atoms with Crippen LogP contribution >= 0.6 is 0 Å². The maximum absolute atomic E-state index is 12.4. The molecule has 0 aliphatic rings. The van der Waals surface area contributed by atoms with E-state index in [9.17, 15) is 19.2 Å². The first kappa shape index (κ1) is 31.9. The molecule has 1 aromatic carbocycles. The molecule has 0 amide bonds. The lowest BCUT2D eigenvalue weighted by atomic mass is 10.0. The van der Waals surface area contributed by atoms with Crippen molar-refractivity contribution >= 4 is 24.1 Å². The van der Waals surface area contributed by atoms with Crippen LogP contribution in [0.15, 0.2) is 18.2 Å². The van der Waals surface area contributed by atoms with Crippen LogP contribution in [0.4, 0.5) is 4.79 Å². The molecule has 0 aliphatic heterocycles. The summed E-state index contributed by atoms with van der Waals surface area (Å²) in [6.07, 6.45) is 0.222. The number of rotatable bonds is 15. The average Bonchev–Trinajstić information content (AvgIpc) is 2.80. The number of methoxy groups -OCH3 is 1. The van der Waals surface area contributed by atoms with E-state index in [1.165, 1.54) is 13.2 Å². The largest absolute Gasteiger partial charge is 0.508 e. The second kappa shape index (κ2) is 16.6. The molecule has 0 spiro atoms. The van der Waals surface area contributed by atoms with Gasteiger partial charge in [-0.3, -0.25) is 14.4 Å². The molecule has 0 bridgehead atoms. The minimum Gasteiger partial charge on any atom is -0.468 e. The molecule has 0 radical (unpaired) electrons. The van der Waals surface area contributed by atoms with Gasteiger partial charge in [0.25, 0.3) is 0 Å². The molecule has 0 aliphatic carbocycles. The molecule has 2 atom stereocenters. The van der Waals surface area contributed by atoms with Gasteiger partial charge in [0, 0.05) is 19.4 Å². The molecule has 1 aromatic rings. The maximum atomic E-state index is 12.4. The van der Waals surface area contributed by atoms with Crippen molar-refractivity contribution in [1.82, 2.24) is 5.32 Å². The third kappa shape index (κ3) is 13.1. The second-order valence-corrected chi connectivity index (χ2v) is 9.59. The molecule has 208 valence electrons. The molecule has 10 heteroatoms. The van der Waals surface area contributed by atoms with Crippen LogP contribution in [0.25, 0.3) is 0 Å². The molecule has 1 N–H and O–H groups in total. The Bertz CT molecular complexity index is 898. The predicted octanol–water partition coefficient (Wildman–Crippen LogP) is 4.22. The van der Waals surface area contributed by atoms with E-state index in [1.54, 1.807) is 19.1 Å². The molecule has 0 aromatic heterocycles. The highest BCUT2D eigenvalue weighted by molar-refractivity contribution is 5.77. The van der Waals surface area contributed by atoms with Crippen molar-refractivity contribution in [3.05, 3.63) is 23.8 Å². The van der Waals surface area contributed by atoms with E-state index in [0.29, 0.717) is 12.0 Å². The lowest BCUT2D eigenvalue weighted by Crippen LogP contribution is -2.41. The van der Waals surface area contributed by atoms with Crippen molar-refractivity contribution < 1.29 is 42.9 Å². The summed E-state index contributed by atoms with van der Waals surface area (Å²) < 4.78 is 25.9. The highest BCUT2D eigenvalue weighted by Gasteiger charge is 2.22. The van der Waals surface area contributed by atoms with Crippen molar-refractivity contribution in [1.29, 1.82) is 0 Å². The number of hydrogen-bond acceptors (Lipinski definition) is 10. The molecule has 0 saturated heterocycles. The first-order valence-electron chi connectivity index (χ1n) is 12.6. The minimum atomic E-state index is -0.777. The van der Waals surface area contributed by atoms with Crippen LogP contribution in [0.1, 0.15) is 66.4 Å². The monoisotopic (exact) mass is 523 g/mol. The van der Waals surface area contributed by atoms with E-state index in [4.69, 9.17) is 23.7 Å². The Morgan fingerprint density at radius 3 is 2.03 bits per heavy atom. The summed E-state index contributed by atoms with van der Waals surface area (Å²) in [5.41, 5.74) is 0.635. The zero-order valence-corrected chi connectivity index (χ0v) is 23.0. The lowest BCUT2D eigenvalue weighted by Gasteiger charge is -2.18. The third-order valence-electron chi connectivity index (χ3n) is 5.12. The first-order chi connectivity index (χ1) is 17.4.